The molecule has 0 radical (unpaired) electrons. The van der Waals surface area contributed by atoms with Crippen molar-refractivity contribution in [2.24, 2.45) is 5.92 Å². The number of amides is 1. The molecule has 1 saturated heterocycles. The van der Waals surface area contributed by atoms with Gasteiger partial charge in [-0.3, -0.25) is 9.00 Å². The number of carbonyl (C=O) groups is 1. The molecule has 0 aromatic heterocycles. The van der Waals surface area contributed by atoms with E-state index >= 15 is 0 Å². The standard InChI is InChI=1S/C10H20N2O2S/c1-8-9(4-3-5-11-8)10(13)12-6-7-15(2)14/h8-9,11H,3-7H2,1-2H3,(H,12,13). The lowest BCUT2D eigenvalue weighted by Crippen LogP contribution is -2.47. The predicted octanol–water partition coefficient (Wildman–Crippen LogP) is -0.131. The van der Waals surface area contributed by atoms with Crippen LogP contribution in [0, 0.1) is 5.92 Å². The SMILES string of the molecule is CC1NCCCC1C(=O)NCCS(C)=O. The molecule has 88 valence electrons. The lowest BCUT2D eigenvalue weighted by molar-refractivity contribution is -0.126. The summed E-state index contributed by atoms with van der Waals surface area (Å²) >= 11 is 0. The largest absolute Gasteiger partial charge is 0.355 e. The number of piperidine rings is 1. The van der Waals surface area contributed by atoms with Crippen molar-refractivity contribution in [2.45, 2.75) is 25.8 Å². The van der Waals surface area contributed by atoms with Crippen LogP contribution in [0.25, 0.3) is 0 Å². The van der Waals surface area contributed by atoms with Crippen molar-refractivity contribution in [3.8, 4) is 0 Å². The van der Waals surface area contributed by atoms with Gasteiger partial charge in [0.1, 0.15) is 0 Å². The van der Waals surface area contributed by atoms with Gasteiger partial charge in [-0.2, -0.15) is 0 Å². The predicted molar refractivity (Wildman–Crippen MR) is 62.1 cm³/mol. The second kappa shape index (κ2) is 6.23. The fourth-order valence-electron chi connectivity index (χ4n) is 1.85. The van der Waals surface area contributed by atoms with Gasteiger partial charge in [0.05, 0.1) is 5.92 Å². The zero-order chi connectivity index (χ0) is 11.3. The number of hydrogen-bond donors (Lipinski definition) is 2. The van der Waals surface area contributed by atoms with E-state index in [4.69, 9.17) is 0 Å². The molecule has 1 rings (SSSR count). The molecule has 2 N–H and O–H groups in total. The Morgan fingerprint density at radius 3 is 2.93 bits per heavy atom. The summed E-state index contributed by atoms with van der Waals surface area (Å²) in [6, 6.07) is 0.255. The number of rotatable bonds is 4. The third-order valence-corrected chi connectivity index (χ3v) is 3.57. The smallest absolute Gasteiger partial charge is 0.224 e. The molecule has 4 nitrogen and oxygen atoms in total. The molecule has 0 aliphatic carbocycles. The summed E-state index contributed by atoms with van der Waals surface area (Å²) in [6.07, 6.45) is 3.66. The van der Waals surface area contributed by atoms with Crippen molar-refractivity contribution in [3.05, 3.63) is 0 Å². The molecule has 5 heteroatoms. The van der Waals surface area contributed by atoms with Crippen molar-refractivity contribution in [2.75, 3.05) is 25.1 Å². The average molecular weight is 232 g/mol. The van der Waals surface area contributed by atoms with Crippen LogP contribution in [0.4, 0.5) is 0 Å². The summed E-state index contributed by atoms with van der Waals surface area (Å²) in [6.45, 7) is 3.57. The van der Waals surface area contributed by atoms with Crippen LogP contribution in [-0.4, -0.2) is 41.3 Å². The zero-order valence-electron chi connectivity index (χ0n) is 9.41. The van der Waals surface area contributed by atoms with Gasteiger partial charge in [0.15, 0.2) is 0 Å². The van der Waals surface area contributed by atoms with Crippen molar-refractivity contribution in [1.29, 1.82) is 0 Å². The monoisotopic (exact) mass is 232 g/mol. The Morgan fingerprint density at radius 1 is 1.60 bits per heavy atom. The van der Waals surface area contributed by atoms with Crippen LogP contribution in [0.1, 0.15) is 19.8 Å². The zero-order valence-corrected chi connectivity index (χ0v) is 10.2. The van der Waals surface area contributed by atoms with E-state index in [9.17, 15) is 9.00 Å². The summed E-state index contributed by atoms with van der Waals surface area (Å²) in [7, 11) is -0.826. The normalized spacial score (nSPS) is 28.4. The maximum Gasteiger partial charge on any atom is 0.224 e. The molecule has 1 amide bonds. The quantitative estimate of drug-likeness (QED) is 0.710. The Morgan fingerprint density at radius 2 is 2.33 bits per heavy atom. The molecule has 3 unspecified atom stereocenters. The highest BCUT2D eigenvalue weighted by molar-refractivity contribution is 7.84. The average Bonchev–Trinajstić information content (AvgIpc) is 2.17. The third kappa shape index (κ3) is 4.30. The maximum absolute atomic E-state index is 11.7. The number of carbonyl (C=O) groups excluding carboxylic acids is 1. The minimum Gasteiger partial charge on any atom is -0.355 e. The molecular weight excluding hydrogens is 212 g/mol. The van der Waals surface area contributed by atoms with Crippen LogP contribution >= 0.6 is 0 Å². The van der Waals surface area contributed by atoms with Gasteiger partial charge in [0, 0.05) is 35.4 Å². The third-order valence-electron chi connectivity index (χ3n) is 2.79. The summed E-state index contributed by atoms with van der Waals surface area (Å²) in [5, 5.41) is 6.13. The topological polar surface area (TPSA) is 58.2 Å². The van der Waals surface area contributed by atoms with E-state index in [-0.39, 0.29) is 17.9 Å². The van der Waals surface area contributed by atoms with Crippen LogP contribution in [0.15, 0.2) is 0 Å². The van der Waals surface area contributed by atoms with Gasteiger partial charge in [0.2, 0.25) is 5.91 Å². The van der Waals surface area contributed by atoms with E-state index < -0.39 is 10.8 Å². The summed E-state index contributed by atoms with van der Waals surface area (Å²) in [4.78, 5) is 11.7. The fraction of sp³-hybridized carbons (Fsp3) is 0.900. The minimum atomic E-state index is -0.826. The van der Waals surface area contributed by atoms with E-state index in [0.29, 0.717) is 12.3 Å². The van der Waals surface area contributed by atoms with Gasteiger partial charge in [-0.25, -0.2) is 0 Å². The maximum atomic E-state index is 11.7. The van der Waals surface area contributed by atoms with Crippen LogP contribution in [0.2, 0.25) is 0 Å². The van der Waals surface area contributed by atoms with Crippen molar-refractivity contribution >= 4 is 16.7 Å². The molecule has 0 aromatic rings. The van der Waals surface area contributed by atoms with Gasteiger partial charge in [-0.05, 0) is 26.3 Å². The molecule has 0 aromatic carbocycles. The van der Waals surface area contributed by atoms with Crippen LogP contribution in [-0.2, 0) is 15.6 Å². The van der Waals surface area contributed by atoms with E-state index in [1.54, 1.807) is 6.26 Å². The van der Waals surface area contributed by atoms with Crippen LogP contribution in [0.3, 0.4) is 0 Å². The number of nitrogens with one attached hydrogen (secondary N) is 2. The Bertz CT molecular complexity index is 246. The highest BCUT2D eigenvalue weighted by Crippen LogP contribution is 2.15. The first-order chi connectivity index (χ1) is 7.11. The van der Waals surface area contributed by atoms with Gasteiger partial charge in [-0.15, -0.1) is 0 Å². The minimum absolute atomic E-state index is 0.0732. The summed E-state index contributed by atoms with van der Waals surface area (Å²) in [5.74, 6) is 0.712. The lowest BCUT2D eigenvalue weighted by Gasteiger charge is -2.28. The van der Waals surface area contributed by atoms with E-state index in [2.05, 4.69) is 10.6 Å². The lowest BCUT2D eigenvalue weighted by atomic mass is 9.91. The van der Waals surface area contributed by atoms with E-state index in [1.165, 1.54) is 0 Å². The molecule has 3 atom stereocenters. The molecular formula is C10H20N2O2S. The Balaban J connectivity index is 2.29. The summed E-state index contributed by atoms with van der Waals surface area (Å²) < 4.78 is 10.8. The first kappa shape index (κ1) is 12.6. The van der Waals surface area contributed by atoms with Crippen molar-refractivity contribution in [1.82, 2.24) is 10.6 Å². The van der Waals surface area contributed by atoms with Gasteiger partial charge in [-0.1, -0.05) is 0 Å². The van der Waals surface area contributed by atoms with Gasteiger partial charge >= 0.3 is 0 Å². The van der Waals surface area contributed by atoms with Crippen molar-refractivity contribution < 1.29 is 9.00 Å². The highest BCUT2D eigenvalue weighted by Gasteiger charge is 2.26. The molecule has 1 aliphatic rings. The first-order valence-corrected chi connectivity index (χ1v) is 7.15. The Kier molecular flexibility index (Phi) is 5.25. The first-order valence-electron chi connectivity index (χ1n) is 5.42. The molecule has 1 heterocycles. The molecule has 15 heavy (non-hydrogen) atoms. The molecule has 0 saturated carbocycles. The Labute approximate surface area is 93.7 Å². The van der Waals surface area contributed by atoms with Crippen molar-refractivity contribution in [3.63, 3.8) is 0 Å². The van der Waals surface area contributed by atoms with Crippen LogP contribution in [0.5, 0.6) is 0 Å². The van der Waals surface area contributed by atoms with Crippen LogP contribution < -0.4 is 10.6 Å². The molecule has 1 fully saturated rings. The highest BCUT2D eigenvalue weighted by atomic mass is 32.2. The van der Waals surface area contributed by atoms with Gasteiger partial charge < -0.3 is 10.6 Å². The Hall–Kier alpha value is -0.420. The number of hydrogen-bond acceptors (Lipinski definition) is 3. The van der Waals surface area contributed by atoms with E-state index in [0.717, 1.165) is 19.4 Å². The second-order valence-electron chi connectivity index (χ2n) is 4.06. The second-order valence-corrected chi connectivity index (χ2v) is 5.61. The molecule has 0 bridgehead atoms. The fourth-order valence-corrected chi connectivity index (χ4v) is 2.24. The van der Waals surface area contributed by atoms with Gasteiger partial charge in [0.25, 0.3) is 0 Å². The molecule has 0 spiro atoms. The van der Waals surface area contributed by atoms with E-state index in [1.807, 2.05) is 6.92 Å². The molecule has 1 aliphatic heterocycles. The summed E-state index contributed by atoms with van der Waals surface area (Å²) in [5.41, 5.74) is 0.